The Balaban J connectivity index is 2.47. The predicted molar refractivity (Wildman–Crippen MR) is 77.3 cm³/mol. The molecule has 2 nitrogen and oxygen atoms in total. The second kappa shape index (κ2) is 6.07. The Bertz CT molecular complexity index is 427. The van der Waals surface area contributed by atoms with Crippen molar-refractivity contribution in [1.29, 1.82) is 0 Å². The number of hydrogen-bond acceptors (Lipinski definition) is 2. The molecular formula is C15H21BrO2. The first-order chi connectivity index (χ1) is 8.63. The molecule has 0 saturated carbocycles. The van der Waals surface area contributed by atoms with Crippen LogP contribution in [0.2, 0.25) is 0 Å². The molecule has 18 heavy (non-hydrogen) atoms. The van der Waals surface area contributed by atoms with E-state index in [1.165, 1.54) is 30.4 Å². The summed E-state index contributed by atoms with van der Waals surface area (Å²) < 4.78 is 6.62. The van der Waals surface area contributed by atoms with E-state index in [9.17, 15) is 5.11 Å². The van der Waals surface area contributed by atoms with Crippen molar-refractivity contribution < 1.29 is 9.84 Å². The van der Waals surface area contributed by atoms with Crippen LogP contribution in [-0.4, -0.2) is 18.3 Å². The van der Waals surface area contributed by atoms with E-state index >= 15 is 0 Å². The summed E-state index contributed by atoms with van der Waals surface area (Å²) in [4.78, 5) is 0. The molecule has 0 saturated heterocycles. The Morgan fingerprint density at radius 3 is 2.72 bits per heavy atom. The van der Waals surface area contributed by atoms with Crippen molar-refractivity contribution in [3.63, 3.8) is 0 Å². The fourth-order valence-corrected chi connectivity index (χ4v) is 3.63. The molecule has 0 radical (unpaired) electrons. The maximum Gasteiger partial charge on any atom is 0.136 e. The van der Waals surface area contributed by atoms with Gasteiger partial charge in [-0.15, -0.1) is 0 Å². The van der Waals surface area contributed by atoms with E-state index in [-0.39, 0.29) is 6.10 Å². The molecule has 1 aliphatic carbocycles. The highest BCUT2D eigenvalue weighted by molar-refractivity contribution is 9.10. The quantitative estimate of drug-likeness (QED) is 0.863. The molecule has 0 aromatic heterocycles. The van der Waals surface area contributed by atoms with E-state index in [2.05, 4.69) is 22.0 Å². The van der Waals surface area contributed by atoms with Gasteiger partial charge in [-0.25, -0.2) is 0 Å². The molecule has 0 spiro atoms. The fraction of sp³-hybridized carbons (Fsp3) is 0.600. The van der Waals surface area contributed by atoms with Gasteiger partial charge in [0.15, 0.2) is 0 Å². The van der Waals surface area contributed by atoms with Crippen molar-refractivity contribution in [2.24, 2.45) is 0 Å². The number of hydrogen-bond donors (Lipinski definition) is 1. The van der Waals surface area contributed by atoms with Gasteiger partial charge in [-0.2, -0.15) is 0 Å². The average molecular weight is 313 g/mol. The van der Waals surface area contributed by atoms with Crippen LogP contribution in [0.25, 0.3) is 0 Å². The first kappa shape index (κ1) is 13.9. The highest BCUT2D eigenvalue weighted by Gasteiger charge is 2.19. The zero-order chi connectivity index (χ0) is 13.1. The Morgan fingerprint density at radius 1 is 1.33 bits per heavy atom. The Hall–Kier alpha value is -0.540. The molecule has 0 amide bonds. The summed E-state index contributed by atoms with van der Waals surface area (Å²) in [5.74, 6) is 0.900. The normalized spacial score (nSPS) is 16.9. The van der Waals surface area contributed by atoms with Crippen molar-refractivity contribution in [3.8, 4) is 5.75 Å². The molecule has 0 bridgehead atoms. The van der Waals surface area contributed by atoms with Crippen LogP contribution in [0.4, 0.5) is 0 Å². The van der Waals surface area contributed by atoms with Gasteiger partial charge < -0.3 is 9.84 Å². The topological polar surface area (TPSA) is 29.5 Å². The lowest BCUT2D eigenvalue weighted by molar-refractivity contribution is 0.194. The van der Waals surface area contributed by atoms with Crippen LogP contribution in [0.15, 0.2) is 10.5 Å². The third kappa shape index (κ3) is 2.89. The van der Waals surface area contributed by atoms with Crippen LogP contribution in [0.3, 0.4) is 0 Å². The van der Waals surface area contributed by atoms with Gasteiger partial charge >= 0.3 is 0 Å². The van der Waals surface area contributed by atoms with Crippen molar-refractivity contribution in [3.05, 3.63) is 27.2 Å². The number of methoxy groups -OCH3 is 1. The number of fused-ring (bicyclic) bond motifs is 1. The van der Waals surface area contributed by atoms with Gasteiger partial charge in [0.2, 0.25) is 0 Å². The lowest BCUT2D eigenvalue weighted by Gasteiger charge is -2.18. The van der Waals surface area contributed by atoms with E-state index in [0.717, 1.165) is 28.6 Å². The first-order valence-electron chi connectivity index (χ1n) is 6.68. The zero-order valence-electron chi connectivity index (χ0n) is 11.1. The largest absolute Gasteiger partial charge is 0.495 e. The van der Waals surface area contributed by atoms with Gasteiger partial charge in [-0.3, -0.25) is 0 Å². The second-order valence-corrected chi connectivity index (χ2v) is 5.93. The number of ether oxygens (including phenoxy) is 1. The SMILES string of the molecule is COc1c(CC(C)O)cc2c(c1Br)CCCCC2. The van der Waals surface area contributed by atoms with Crippen LogP contribution in [0.1, 0.15) is 42.9 Å². The third-order valence-corrected chi connectivity index (χ3v) is 4.42. The Morgan fingerprint density at radius 2 is 2.06 bits per heavy atom. The summed E-state index contributed by atoms with van der Waals surface area (Å²) in [5.41, 5.74) is 3.94. The fourth-order valence-electron chi connectivity index (χ4n) is 2.76. The third-order valence-electron chi connectivity index (χ3n) is 3.58. The van der Waals surface area contributed by atoms with Gasteiger partial charge in [-0.1, -0.05) is 12.5 Å². The van der Waals surface area contributed by atoms with Gasteiger partial charge in [0.05, 0.1) is 17.7 Å². The minimum Gasteiger partial charge on any atom is -0.495 e. The van der Waals surface area contributed by atoms with Gasteiger partial charge in [0.25, 0.3) is 0 Å². The number of halogens is 1. The van der Waals surface area contributed by atoms with E-state index in [1.54, 1.807) is 7.11 Å². The van der Waals surface area contributed by atoms with Crippen LogP contribution >= 0.6 is 15.9 Å². The van der Waals surface area contributed by atoms with Gasteiger partial charge in [-0.05, 0) is 65.2 Å². The summed E-state index contributed by atoms with van der Waals surface area (Å²) >= 11 is 3.70. The summed E-state index contributed by atoms with van der Waals surface area (Å²) in [7, 11) is 1.70. The summed E-state index contributed by atoms with van der Waals surface area (Å²) in [6.07, 6.45) is 6.40. The van der Waals surface area contributed by atoms with E-state index < -0.39 is 0 Å². The maximum atomic E-state index is 9.61. The number of rotatable bonds is 3. The molecule has 1 aromatic rings. The minimum absolute atomic E-state index is 0.338. The lowest BCUT2D eigenvalue weighted by atomic mass is 9.96. The predicted octanol–water partition coefficient (Wildman–Crippen LogP) is 3.65. The number of aliphatic hydroxyl groups is 1. The smallest absolute Gasteiger partial charge is 0.136 e. The highest BCUT2D eigenvalue weighted by atomic mass is 79.9. The minimum atomic E-state index is -0.338. The second-order valence-electron chi connectivity index (χ2n) is 5.13. The Kier molecular flexibility index (Phi) is 4.68. The van der Waals surface area contributed by atoms with E-state index in [0.29, 0.717) is 6.42 Å². The van der Waals surface area contributed by atoms with Crippen LogP contribution < -0.4 is 4.74 Å². The molecule has 3 heteroatoms. The summed E-state index contributed by atoms with van der Waals surface area (Å²) in [5, 5.41) is 9.61. The molecule has 0 aliphatic heterocycles. The van der Waals surface area contributed by atoms with Crippen LogP contribution in [0.5, 0.6) is 5.75 Å². The first-order valence-corrected chi connectivity index (χ1v) is 7.48. The maximum absolute atomic E-state index is 9.61. The molecule has 100 valence electrons. The van der Waals surface area contributed by atoms with Gasteiger partial charge in [0, 0.05) is 6.42 Å². The molecule has 1 aliphatic rings. The zero-order valence-corrected chi connectivity index (χ0v) is 12.7. The Labute approximate surface area is 117 Å². The average Bonchev–Trinajstić information content (AvgIpc) is 2.54. The molecule has 1 unspecified atom stereocenters. The van der Waals surface area contributed by atoms with E-state index in [4.69, 9.17) is 4.74 Å². The highest BCUT2D eigenvalue weighted by Crippen LogP contribution is 2.38. The molecular weight excluding hydrogens is 292 g/mol. The van der Waals surface area contributed by atoms with Crippen molar-refractivity contribution >= 4 is 15.9 Å². The molecule has 0 heterocycles. The van der Waals surface area contributed by atoms with Gasteiger partial charge in [0.1, 0.15) is 5.75 Å². The lowest BCUT2D eigenvalue weighted by Crippen LogP contribution is -2.08. The molecule has 1 N–H and O–H groups in total. The number of benzene rings is 1. The number of aryl methyl sites for hydroxylation is 1. The summed E-state index contributed by atoms with van der Waals surface area (Å²) in [6.45, 7) is 1.82. The molecule has 2 rings (SSSR count). The van der Waals surface area contributed by atoms with E-state index in [1.807, 2.05) is 6.92 Å². The standard InChI is InChI=1S/C15H21BrO2/c1-10(17)8-12-9-11-6-4-3-5-7-13(11)14(16)15(12)18-2/h9-10,17H,3-8H2,1-2H3. The molecule has 0 fully saturated rings. The summed E-state index contributed by atoms with van der Waals surface area (Å²) in [6, 6.07) is 2.23. The van der Waals surface area contributed by atoms with Crippen LogP contribution in [-0.2, 0) is 19.3 Å². The molecule has 1 aromatic carbocycles. The number of aliphatic hydroxyl groups excluding tert-OH is 1. The van der Waals surface area contributed by atoms with Crippen molar-refractivity contribution in [1.82, 2.24) is 0 Å². The van der Waals surface area contributed by atoms with Crippen LogP contribution in [0, 0.1) is 0 Å². The van der Waals surface area contributed by atoms with Crippen molar-refractivity contribution in [2.45, 2.75) is 51.6 Å². The molecule has 1 atom stereocenters. The monoisotopic (exact) mass is 312 g/mol. The van der Waals surface area contributed by atoms with Crippen molar-refractivity contribution in [2.75, 3.05) is 7.11 Å².